The second-order valence-corrected chi connectivity index (χ2v) is 40.4. The van der Waals surface area contributed by atoms with Crippen molar-refractivity contribution in [3.8, 4) is 0 Å². The number of hydrogen-bond acceptors (Lipinski definition) is 14. The number of esters is 7. The van der Waals surface area contributed by atoms with E-state index in [4.69, 9.17) is 33.2 Å². The summed E-state index contributed by atoms with van der Waals surface area (Å²) < 4.78 is 40.0. The maximum Gasteiger partial charge on any atom is 0.312 e. The van der Waals surface area contributed by atoms with Gasteiger partial charge in [-0.1, -0.05) is 200 Å². The fraction of sp³-hybridized carbons (Fsp3) is 0.934. The summed E-state index contributed by atoms with van der Waals surface area (Å²) in [6, 6.07) is 0. The van der Waals surface area contributed by atoms with E-state index < -0.39 is 0 Å². The molecular formula is C106H226O14. The SMILES string of the molecule is C.C.C.C.C.C.C.C.C.C.C.C.C.C.CCC(C)(C)C(=O)OC(C)(C)C.CCC(C)(C)C(=O)OC1(C(C)C)C2CC3CC(C2)CC1C3.CCC(C)(C)C(=O)OC1(C)CCCC1.CCC(C)(C)C(=O)OC1(C)CCCCC1.CCC(C)(C)OC(=O)C(C)(C)CC.CCC1(OC(=O)C(C)(C)CC)CCCC1.CCC1(OC(=O)C(C)(C)CC)CCCCC1. The Balaban J connectivity index is -0.0000000899. The lowest BCUT2D eigenvalue weighted by molar-refractivity contribution is -0.231. The Morgan fingerprint density at radius 2 is 0.483 bits per heavy atom. The van der Waals surface area contributed by atoms with Crippen molar-refractivity contribution in [3.63, 3.8) is 0 Å². The van der Waals surface area contributed by atoms with Gasteiger partial charge in [0.1, 0.15) is 39.2 Å². The van der Waals surface area contributed by atoms with Gasteiger partial charge in [-0.2, -0.15) is 0 Å². The number of carbonyl (C=O) groups excluding carboxylic acids is 7. The third kappa shape index (κ3) is 45.6. The van der Waals surface area contributed by atoms with Crippen LogP contribution < -0.4 is 0 Å². The van der Waals surface area contributed by atoms with Gasteiger partial charge in [-0.05, 0) is 374 Å². The first kappa shape index (κ1) is 148. The normalized spacial score (nSPS) is 20.3. The minimum absolute atomic E-state index is 0. The first-order valence-corrected chi connectivity index (χ1v) is 43.1. The maximum atomic E-state index is 12.8. The lowest BCUT2D eigenvalue weighted by Crippen LogP contribution is -2.63. The average Bonchev–Trinajstić information content (AvgIpc) is 0.806. The van der Waals surface area contributed by atoms with Crippen molar-refractivity contribution in [2.75, 3.05) is 0 Å². The second-order valence-electron chi connectivity index (χ2n) is 40.4. The zero-order chi connectivity index (χ0) is 82.2. The summed E-state index contributed by atoms with van der Waals surface area (Å²) in [5.41, 5.74) is -3.91. The van der Waals surface area contributed by atoms with Gasteiger partial charge in [-0.25, -0.2) is 0 Å². The molecule has 734 valence electrons. The molecule has 8 aliphatic carbocycles. The van der Waals surface area contributed by atoms with Crippen LogP contribution in [0.4, 0.5) is 0 Å². The molecular weight excluding hydrogens is 1500 g/mol. The van der Waals surface area contributed by atoms with Crippen LogP contribution in [0.25, 0.3) is 0 Å². The standard InChI is InChI=1S/C19H32O2.C14H26O2.2C13H24O2.C12H22O2.C11H22O2.C10H20O2.14CH4/c1-6-18(4,5)17(20)21-19(12(2)3)15-8-13-7-14(10-15)11-16(19)9-13;1-5-13(3,4)12(15)16-14(6-2)10-8-7-9-11-14;1-5-12(2,3)11(14)15-13(4)9-7-6-8-10-13;1-5-12(3,4)11(14)15-13(6-2)9-7-8-10-13;1-5-11(2,3)10(13)14-12(4)8-6-7-9-12;1-7-10(3,4)9(12)13-11(5,6)8-2;1-7-10(5,6)8(11)12-9(2,3)4;;;;;;;;;;;;;;/h12-16H,6-11H2,1-5H3;5-11H2,1-4H3;2*5-10H2,1-4H3;5-9H2,1-4H3;7-8H2,1-6H3;7H2,1-6H3;14*1H4. The van der Waals surface area contributed by atoms with Crippen molar-refractivity contribution in [3.05, 3.63) is 0 Å². The van der Waals surface area contributed by atoms with E-state index in [0.717, 1.165) is 127 Å². The minimum Gasteiger partial charge on any atom is -0.460 e. The predicted molar refractivity (Wildman–Crippen MR) is 530 cm³/mol. The van der Waals surface area contributed by atoms with Crippen LogP contribution in [0.5, 0.6) is 0 Å². The third-order valence-electron chi connectivity index (χ3n) is 26.7. The highest BCUT2D eigenvalue weighted by molar-refractivity contribution is 5.79. The molecule has 14 heteroatoms. The summed E-state index contributed by atoms with van der Waals surface area (Å²) in [4.78, 5) is 83.8. The molecule has 0 unspecified atom stereocenters. The molecule has 0 N–H and O–H groups in total. The molecule has 0 aromatic rings. The molecule has 0 amide bonds. The molecule has 0 heterocycles. The molecule has 0 radical (unpaired) electrons. The van der Waals surface area contributed by atoms with Gasteiger partial charge >= 0.3 is 41.8 Å². The van der Waals surface area contributed by atoms with Crippen LogP contribution >= 0.6 is 0 Å². The molecule has 8 rings (SSSR count). The van der Waals surface area contributed by atoms with Crippen molar-refractivity contribution < 1.29 is 66.7 Å². The first-order valence-electron chi connectivity index (χ1n) is 43.1. The number of rotatable bonds is 24. The van der Waals surface area contributed by atoms with Crippen LogP contribution in [0.3, 0.4) is 0 Å². The predicted octanol–water partition coefficient (Wildman–Crippen LogP) is 34.4. The summed E-state index contributed by atoms with van der Waals surface area (Å²) in [5.74, 6) is 3.21. The van der Waals surface area contributed by atoms with E-state index >= 15 is 0 Å². The quantitative estimate of drug-likeness (QED) is 0.0657. The Kier molecular flexibility index (Phi) is 75.9. The molecule has 14 nitrogen and oxygen atoms in total. The van der Waals surface area contributed by atoms with Crippen molar-refractivity contribution in [2.24, 2.45) is 67.5 Å². The fourth-order valence-electron chi connectivity index (χ4n) is 14.6. The Morgan fingerprint density at radius 3 is 0.708 bits per heavy atom. The van der Waals surface area contributed by atoms with E-state index in [2.05, 4.69) is 48.5 Å². The van der Waals surface area contributed by atoms with Crippen LogP contribution in [-0.2, 0) is 66.7 Å². The average molecular weight is 1720 g/mol. The summed E-state index contributed by atoms with van der Waals surface area (Å²) in [7, 11) is 0. The molecule has 0 spiro atoms. The zero-order valence-electron chi connectivity index (χ0n) is 75.4. The molecule has 0 atom stereocenters. The molecule has 120 heavy (non-hydrogen) atoms. The van der Waals surface area contributed by atoms with E-state index in [-0.39, 0.29) is 223 Å². The summed E-state index contributed by atoms with van der Waals surface area (Å²) in [6.45, 7) is 66.1. The molecule has 8 fully saturated rings. The molecule has 0 aromatic carbocycles. The molecule has 4 bridgehead atoms. The molecule has 0 aromatic heterocycles. The van der Waals surface area contributed by atoms with E-state index in [9.17, 15) is 33.6 Å². The maximum absolute atomic E-state index is 12.8. The van der Waals surface area contributed by atoms with E-state index in [0.29, 0.717) is 17.8 Å². The van der Waals surface area contributed by atoms with Crippen molar-refractivity contribution in [1.82, 2.24) is 0 Å². The first-order chi connectivity index (χ1) is 48.4. The van der Waals surface area contributed by atoms with Gasteiger partial charge in [-0.15, -0.1) is 0 Å². The Labute approximate surface area is 755 Å². The zero-order valence-corrected chi connectivity index (χ0v) is 75.4. The summed E-state index contributed by atoms with van der Waals surface area (Å²) >= 11 is 0. The van der Waals surface area contributed by atoms with E-state index in [1.54, 1.807) is 0 Å². The number of carbonyl (C=O) groups is 7. The smallest absolute Gasteiger partial charge is 0.312 e. The van der Waals surface area contributed by atoms with Crippen LogP contribution in [0.1, 0.15) is 544 Å². The largest absolute Gasteiger partial charge is 0.460 e. The molecule has 8 aliphatic rings. The van der Waals surface area contributed by atoms with Crippen LogP contribution in [0, 0.1) is 67.5 Å². The van der Waals surface area contributed by atoms with Crippen LogP contribution in [0.15, 0.2) is 0 Å². The van der Waals surface area contributed by atoms with Crippen molar-refractivity contribution in [1.29, 1.82) is 0 Å². The van der Waals surface area contributed by atoms with Crippen LogP contribution in [0.2, 0.25) is 0 Å². The summed E-state index contributed by atoms with van der Waals surface area (Å²) in [5, 5.41) is 0. The topological polar surface area (TPSA) is 184 Å². The van der Waals surface area contributed by atoms with Gasteiger partial charge < -0.3 is 33.2 Å². The van der Waals surface area contributed by atoms with Gasteiger partial charge in [-0.3, -0.25) is 33.6 Å². The number of hydrogen-bond donors (Lipinski definition) is 0. The van der Waals surface area contributed by atoms with Gasteiger partial charge in [0.2, 0.25) is 0 Å². The van der Waals surface area contributed by atoms with Gasteiger partial charge in [0, 0.05) is 0 Å². The van der Waals surface area contributed by atoms with Crippen molar-refractivity contribution in [2.45, 2.75) is 584 Å². The lowest BCUT2D eigenvalue weighted by atomic mass is 9.47. The second kappa shape index (κ2) is 61.7. The van der Waals surface area contributed by atoms with Gasteiger partial charge in [0.15, 0.2) is 0 Å². The Morgan fingerprint density at radius 1 is 0.275 bits per heavy atom. The fourth-order valence-corrected chi connectivity index (χ4v) is 14.6. The van der Waals surface area contributed by atoms with E-state index in [1.165, 1.54) is 96.3 Å². The van der Waals surface area contributed by atoms with Gasteiger partial charge in [0.25, 0.3) is 0 Å². The Bertz CT molecular complexity index is 2640. The number of ether oxygens (including phenoxy) is 7. The summed E-state index contributed by atoms with van der Waals surface area (Å²) in [6.07, 6.45) is 35.7. The molecule has 0 aliphatic heterocycles. The highest BCUT2D eigenvalue weighted by Gasteiger charge is 2.61. The van der Waals surface area contributed by atoms with Crippen molar-refractivity contribution >= 4 is 41.8 Å². The third-order valence-corrected chi connectivity index (χ3v) is 26.7. The van der Waals surface area contributed by atoms with Gasteiger partial charge in [0.05, 0.1) is 37.9 Å². The highest BCUT2D eigenvalue weighted by atomic mass is 16.6. The monoisotopic (exact) mass is 1720 g/mol. The highest BCUT2D eigenvalue weighted by Crippen LogP contribution is 2.62. The lowest BCUT2D eigenvalue weighted by Gasteiger charge is -2.62. The molecule has 8 saturated carbocycles. The van der Waals surface area contributed by atoms with Crippen LogP contribution in [-0.4, -0.2) is 81.0 Å². The Hall–Kier alpha value is -3.71. The van der Waals surface area contributed by atoms with E-state index in [1.807, 2.05) is 180 Å². The minimum atomic E-state index is -0.372. The molecule has 0 saturated heterocycles.